The van der Waals surface area contributed by atoms with E-state index < -0.39 is 0 Å². The summed E-state index contributed by atoms with van der Waals surface area (Å²) in [6.45, 7) is 2.28. The Hall–Kier alpha value is -0.150. The second kappa shape index (κ2) is 4.79. The SMILES string of the molecule is CC1CCC(C(=O)c2cc(Br)cs2)CC1. The van der Waals surface area contributed by atoms with Gasteiger partial charge in [0.05, 0.1) is 4.88 Å². The largest absolute Gasteiger partial charge is 0.293 e. The molecule has 1 nitrogen and oxygen atoms in total. The van der Waals surface area contributed by atoms with E-state index in [2.05, 4.69) is 22.9 Å². The zero-order valence-corrected chi connectivity index (χ0v) is 11.2. The number of hydrogen-bond donors (Lipinski definition) is 0. The molecule has 0 unspecified atom stereocenters. The highest BCUT2D eigenvalue weighted by atomic mass is 79.9. The monoisotopic (exact) mass is 286 g/mol. The van der Waals surface area contributed by atoms with E-state index >= 15 is 0 Å². The second-order valence-electron chi connectivity index (χ2n) is 4.45. The highest BCUT2D eigenvalue weighted by molar-refractivity contribution is 9.10. The lowest BCUT2D eigenvalue weighted by molar-refractivity contribution is 0.0880. The molecule has 0 aliphatic heterocycles. The van der Waals surface area contributed by atoms with E-state index in [4.69, 9.17) is 0 Å². The number of halogens is 1. The van der Waals surface area contributed by atoms with Gasteiger partial charge in [-0.05, 0) is 40.8 Å². The van der Waals surface area contributed by atoms with E-state index in [9.17, 15) is 4.79 Å². The number of carbonyl (C=O) groups excluding carboxylic acids is 1. The van der Waals surface area contributed by atoms with Crippen LogP contribution in [0.3, 0.4) is 0 Å². The fourth-order valence-corrected chi connectivity index (χ4v) is 3.61. The molecule has 0 atom stereocenters. The highest BCUT2D eigenvalue weighted by Crippen LogP contribution is 2.32. The summed E-state index contributed by atoms with van der Waals surface area (Å²) in [6.07, 6.45) is 4.58. The first kappa shape index (κ1) is 11.3. The number of thiophene rings is 1. The van der Waals surface area contributed by atoms with Gasteiger partial charge in [0.1, 0.15) is 0 Å². The summed E-state index contributed by atoms with van der Waals surface area (Å²) in [7, 11) is 0. The fourth-order valence-electron chi connectivity index (χ4n) is 2.17. The maximum absolute atomic E-state index is 12.1. The molecule has 1 heterocycles. The molecule has 0 radical (unpaired) electrons. The van der Waals surface area contributed by atoms with E-state index in [-0.39, 0.29) is 5.92 Å². The summed E-state index contributed by atoms with van der Waals surface area (Å²) < 4.78 is 1.03. The Labute approximate surface area is 103 Å². The van der Waals surface area contributed by atoms with E-state index in [1.807, 2.05) is 11.4 Å². The first-order chi connectivity index (χ1) is 7.16. The molecule has 1 saturated carbocycles. The van der Waals surface area contributed by atoms with Crippen molar-refractivity contribution in [1.29, 1.82) is 0 Å². The molecule has 82 valence electrons. The third-order valence-corrected chi connectivity index (χ3v) is 4.90. The van der Waals surface area contributed by atoms with Gasteiger partial charge in [-0.2, -0.15) is 0 Å². The van der Waals surface area contributed by atoms with E-state index in [0.717, 1.165) is 28.1 Å². The summed E-state index contributed by atoms with van der Waals surface area (Å²) >= 11 is 4.95. The van der Waals surface area contributed by atoms with Crippen LogP contribution in [0.1, 0.15) is 42.3 Å². The van der Waals surface area contributed by atoms with Gasteiger partial charge in [-0.1, -0.05) is 19.8 Å². The van der Waals surface area contributed by atoms with Crippen LogP contribution >= 0.6 is 27.3 Å². The zero-order chi connectivity index (χ0) is 10.8. The molecule has 1 aromatic rings. The van der Waals surface area contributed by atoms with Crippen molar-refractivity contribution < 1.29 is 4.79 Å². The van der Waals surface area contributed by atoms with Crippen LogP contribution in [0.2, 0.25) is 0 Å². The first-order valence-corrected chi connectivity index (χ1v) is 7.12. The van der Waals surface area contributed by atoms with Crippen LogP contribution in [0.15, 0.2) is 15.9 Å². The molecule has 0 spiro atoms. The summed E-state index contributed by atoms with van der Waals surface area (Å²) in [5.41, 5.74) is 0. The molecule has 1 fully saturated rings. The zero-order valence-electron chi connectivity index (χ0n) is 8.83. The molecule has 0 aromatic carbocycles. The van der Waals surface area contributed by atoms with Crippen molar-refractivity contribution in [2.24, 2.45) is 11.8 Å². The average molecular weight is 287 g/mol. The van der Waals surface area contributed by atoms with Crippen molar-refractivity contribution in [3.63, 3.8) is 0 Å². The summed E-state index contributed by atoms with van der Waals surface area (Å²) in [5.74, 6) is 1.45. The van der Waals surface area contributed by atoms with Crippen molar-refractivity contribution in [2.75, 3.05) is 0 Å². The van der Waals surface area contributed by atoms with Crippen LogP contribution in [0.25, 0.3) is 0 Å². The maximum atomic E-state index is 12.1. The molecule has 3 heteroatoms. The molecule has 0 bridgehead atoms. The van der Waals surface area contributed by atoms with Crippen molar-refractivity contribution in [1.82, 2.24) is 0 Å². The van der Waals surface area contributed by atoms with E-state index in [1.165, 1.54) is 12.8 Å². The lowest BCUT2D eigenvalue weighted by Crippen LogP contribution is -2.20. The third kappa shape index (κ3) is 2.70. The number of carbonyl (C=O) groups is 1. The van der Waals surface area contributed by atoms with E-state index in [1.54, 1.807) is 11.3 Å². The Morgan fingerprint density at radius 1 is 1.40 bits per heavy atom. The standard InChI is InChI=1S/C12H15BrOS/c1-8-2-4-9(5-3-8)12(14)11-6-10(13)7-15-11/h6-9H,2-5H2,1H3. The first-order valence-electron chi connectivity index (χ1n) is 5.45. The van der Waals surface area contributed by atoms with Gasteiger partial charge in [-0.3, -0.25) is 4.79 Å². The Bertz CT molecular complexity index is 350. The van der Waals surface area contributed by atoms with Gasteiger partial charge >= 0.3 is 0 Å². The van der Waals surface area contributed by atoms with Gasteiger partial charge in [0, 0.05) is 15.8 Å². The predicted octanol–water partition coefficient (Wildman–Crippen LogP) is 4.52. The van der Waals surface area contributed by atoms with Crippen molar-refractivity contribution in [2.45, 2.75) is 32.6 Å². The van der Waals surface area contributed by atoms with Gasteiger partial charge in [-0.15, -0.1) is 11.3 Å². The van der Waals surface area contributed by atoms with Gasteiger partial charge < -0.3 is 0 Å². The summed E-state index contributed by atoms with van der Waals surface area (Å²) in [6, 6.07) is 1.95. The van der Waals surface area contributed by atoms with Crippen LogP contribution in [-0.2, 0) is 0 Å². The van der Waals surface area contributed by atoms with Gasteiger partial charge in [0.25, 0.3) is 0 Å². The molecule has 15 heavy (non-hydrogen) atoms. The number of Topliss-reactive ketones (excluding diaryl/α,β-unsaturated/α-hetero) is 1. The highest BCUT2D eigenvalue weighted by Gasteiger charge is 2.25. The molecule has 2 rings (SSSR count). The van der Waals surface area contributed by atoms with E-state index in [0.29, 0.717) is 5.78 Å². The Kier molecular flexibility index (Phi) is 3.62. The number of hydrogen-bond acceptors (Lipinski definition) is 2. The normalized spacial score (nSPS) is 26.5. The van der Waals surface area contributed by atoms with Crippen molar-refractivity contribution in [3.05, 3.63) is 20.8 Å². The number of rotatable bonds is 2. The quantitative estimate of drug-likeness (QED) is 0.731. The molecule has 0 amide bonds. The van der Waals surface area contributed by atoms with Crippen molar-refractivity contribution >= 4 is 33.0 Å². The molecule has 1 aromatic heterocycles. The van der Waals surface area contributed by atoms with Crippen LogP contribution < -0.4 is 0 Å². The third-order valence-electron chi connectivity index (χ3n) is 3.20. The summed E-state index contributed by atoms with van der Waals surface area (Å²) in [5, 5.41) is 1.98. The maximum Gasteiger partial charge on any atom is 0.175 e. The molecular formula is C12H15BrOS. The molecular weight excluding hydrogens is 272 g/mol. The Morgan fingerprint density at radius 2 is 2.07 bits per heavy atom. The molecule has 1 aliphatic rings. The molecule has 0 saturated heterocycles. The molecule has 1 aliphatic carbocycles. The number of ketones is 1. The average Bonchev–Trinajstić information content (AvgIpc) is 2.65. The Morgan fingerprint density at radius 3 is 2.60 bits per heavy atom. The predicted molar refractivity (Wildman–Crippen MR) is 67.5 cm³/mol. The van der Waals surface area contributed by atoms with Crippen molar-refractivity contribution in [3.8, 4) is 0 Å². The van der Waals surface area contributed by atoms with Gasteiger partial charge in [0.15, 0.2) is 5.78 Å². The van der Waals surface area contributed by atoms with Crippen LogP contribution in [0, 0.1) is 11.8 Å². The van der Waals surface area contributed by atoms with Crippen LogP contribution in [0.4, 0.5) is 0 Å². The molecule has 0 N–H and O–H groups in total. The minimum Gasteiger partial charge on any atom is -0.293 e. The summed E-state index contributed by atoms with van der Waals surface area (Å²) in [4.78, 5) is 13.0. The van der Waals surface area contributed by atoms with Gasteiger partial charge in [-0.25, -0.2) is 0 Å². The minimum absolute atomic E-state index is 0.284. The lowest BCUT2D eigenvalue weighted by atomic mass is 9.80. The smallest absolute Gasteiger partial charge is 0.175 e. The van der Waals surface area contributed by atoms with Gasteiger partial charge in [0.2, 0.25) is 0 Å². The minimum atomic E-state index is 0.284. The lowest BCUT2D eigenvalue weighted by Gasteiger charge is -2.24. The van der Waals surface area contributed by atoms with Crippen LogP contribution in [-0.4, -0.2) is 5.78 Å². The van der Waals surface area contributed by atoms with Crippen LogP contribution in [0.5, 0.6) is 0 Å². The topological polar surface area (TPSA) is 17.1 Å². The second-order valence-corrected chi connectivity index (χ2v) is 6.28. The Balaban J connectivity index is 2.02. The fraction of sp³-hybridized carbons (Fsp3) is 0.583.